The molecule has 0 saturated carbocycles. The summed E-state index contributed by atoms with van der Waals surface area (Å²) in [6, 6.07) is 7.52. The molecule has 1 atom stereocenters. The van der Waals surface area contributed by atoms with Crippen LogP contribution in [-0.4, -0.2) is 37.6 Å². The number of aliphatic hydroxyl groups excluding tert-OH is 1. The van der Waals surface area contributed by atoms with Crippen molar-refractivity contribution in [1.29, 1.82) is 0 Å². The minimum atomic E-state index is -0.536. The Hall–Kier alpha value is -2.38. The summed E-state index contributed by atoms with van der Waals surface area (Å²) in [4.78, 5) is 9.53. The summed E-state index contributed by atoms with van der Waals surface area (Å²) in [5.74, 6) is 0.341. The highest BCUT2D eigenvalue weighted by Crippen LogP contribution is 2.23. The number of rotatable bonds is 8. The predicted octanol–water partition coefficient (Wildman–Crippen LogP) is 4.28. The van der Waals surface area contributed by atoms with Gasteiger partial charge in [0.2, 0.25) is 5.62 Å². The van der Waals surface area contributed by atoms with E-state index in [0.717, 1.165) is 41.0 Å². The van der Waals surface area contributed by atoms with Gasteiger partial charge in [0.1, 0.15) is 11.0 Å². The zero-order chi connectivity index (χ0) is 21.8. The van der Waals surface area contributed by atoms with Crippen LogP contribution < -0.4 is 11.0 Å². The van der Waals surface area contributed by atoms with Crippen LogP contribution in [0.1, 0.15) is 58.3 Å². The molecule has 1 aromatic carbocycles. The second-order valence-corrected chi connectivity index (χ2v) is 8.64. The van der Waals surface area contributed by atoms with E-state index in [4.69, 9.17) is 16.6 Å². The molecule has 0 amide bonds. The molecular formula is C22H31ClN6O. The maximum absolute atomic E-state index is 10.3. The molecule has 8 heteroatoms. The molecule has 1 unspecified atom stereocenters. The van der Waals surface area contributed by atoms with Gasteiger partial charge in [0.15, 0.2) is 0 Å². The number of hydrogen-bond acceptors (Lipinski definition) is 5. The molecule has 3 N–H and O–H groups in total. The maximum atomic E-state index is 10.3. The minimum absolute atomic E-state index is 0.113. The Morgan fingerprint density at radius 1 is 1.27 bits per heavy atom. The Kier molecular flexibility index (Phi) is 7.15. The van der Waals surface area contributed by atoms with Crippen LogP contribution in [0.4, 0.5) is 5.69 Å². The first kappa shape index (κ1) is 22.3. The Balaban J connectivity index is 2.24. The molecule has 0 bridgehead atoms. The van der Waals surface area contributed by atoms with Crippen LogP contribution in [-0.2, 0) is 6.42 Å². The smallest absolute Gasteiger partial charge is 0.245 e. The lowest BCUT2D eigenvalue weighted by Gasteiger charge is -2.18. The molecule has 0 aliphatic rings. The number of fused-ring (bicyclic) bond motifs is 1. The van der Waals surface area contributed by atoms with E-state index in [-0.39, 0.29) is 18.4 Å². The van der Waals surface area contributed by atoms with Gasteiger partial charge >= 0.3 is 0 Å². The van der Waals surface area contributed by atoms with E-state index >= 15 is 0 Å². The molecule has 0 spiro atoms. The molecule has 30 heavy (non-hydrogen) atoms. The lowest BCUT2D eigenvalue weighted by atomic mass is 10.1. The largest absolute Gasteiger partial charge is 0.391 e. The van der Waals surface area contributed by atoms with Gasteiger partial charge in [-0.1, -0.05) is 58.7 Å². The van der Waals surface area contributed by atoms with Gasteiger partial charge in [-0.25, -0.2) is 14.7 Å². The van der Waals surface area contributed by atoms with E-state index in [0.29, 0.717) is 10.6 Å². The van der Waals surface area contributed by atoms with Crippen LogP contribution in [0.25, 0.3) is 11.0 Å². The van der Waals surface area contributed by atoms with E-state index in [2.05, 4.69) is 41.4 Å². The summed E-state index contributed by atoms with van der Waals surface area (Å²) in [5, 5.41) is 18.7. The summed E-state index contributed by atoms with van der Waals surface area (Å²) in [6.07, 6.45) is 1.22. The summed E-state index contributed by atoms with van der Waals surface area (Å²) in [5.41, 5.74) is 8.39. The lowest BCUT2D eigenvalue weighted by Crippen LogP contribution is -2.34. The number of H-pyrrole nitrogens is 1. The molecule has 0 radical (unpaired) electrons. The number of aryl methyl sites for hydroxylation is 1. The second-order valence-electron chi connectivity index (χ2n) is 8.21. The van der Waals surface area contributed by atoms with Gasteiger partial charge in [-0.2, -0.15) is 5.10 Å². The van der Waals surface area contributed by atoms with Crippen molar-refractivity contribution in [3.63, 3.8) is 0 Å². The number of benzene rings is 1. The van der Waals surface area contributed by atoms with Crippen molar-refractivity contribution in [2.45, 2.75) is 59.5 Å². The monoisotopic (exact) mass is 430 g/mol. The quantitative estimate of drug-likeness (QED) is 0.497. The van der Waals surface area contributed by atoms with Crippen molar-refractivity contribution in [3.05, 3.63) is 46.3 Å². The van der Waals surface area contributed by atoms with E-state index in [1.165, 1.54) is 0 Å². The van der Waals surface area contributed by atoms with Gasteiger partial charge in [-0.05, 0) is 36.5 Å². The highest BCUT2D eigenvalue weighted by atomic mass is 35.5. The Morgan fingerprint density at radius 2 is 2.03 bits per heavy atom. The van der Waals surface area contributed by atoms with Gasteiger partial charge in [0.05, 0.1) is 29.7 Å². The third kappa shape index (κ3) is 4.84. The fourth-order valence-electron chi connectivity index (χ4n) is 3.22. The molecule has 2 heterocycles. The van der Waals surface area contributed by atoms with Gasteiger partial charge in [-0.3, -0.25) is 10.5 Å². The zero-order valence-electron chi connectivity index (χ0n) is 18.3. The zero-order valence-corrected chi connectivity index (χ0v) is 19.0. The number of nitrogens with zero attached hydrogens (tertiary/aromatic N) is 4. The molecule has 7 nitrogen and oxygen atoms in total. The normalized spacial score (nSPS) is 13.6. The second kappa shape index (κ2) is 9.62. The van der Waals surface area contributed by atoms with Crippen molar-refractivity contribution in [1.82, 2.24) is 19.9 Å². The molecule has 2 aromatic heterocycles. The number of hydrogen-bond donors (Lipinski definition) is 3. The summed E-state index contributed by atoms with van der Waals surface area (Å²) < 4.78 is 1.88. The Morgan fingerprint density at radius 3 is 2.67 bits per heavy atom. The van der Waals surface area contributed by atoms with E-state index in [9.17, 15) is 5.11 Å². The van der Waals surface area contributed by atoms with Gasteiger partial charge < -0.3 is 5.11 Å². The van der Waals surface area contributed by atoms with Gasteiger partial charge in [-0.15, -0.1) is 0 Å². The molecule has 0 saturated heterocycles. The molecule has 0 aliphatic heterocycles. The van der Waals surface area contributed by atoms with E-state index in [1.54, 1.807) is 0 Å². The number of anilines is 1. The van der Waals surface area contributed by atoms with Crippen molar-refractivity contribution >= 4 is 28.3 Å². The topological polar surface area (TPSA) is 91.1 Å². The van der Waals surface area contributed by atoms with Crippen molar-refractivity contribution in [3.8, 4) is 0 Å². The van der Waals surface area contributed by atoms with Crippen LogP contribution in [0.15, 0.2) is 29.3 Å². The first-order chi connectivity index (χ1) is 14.3. The van der Waals surface area contributed by atoms with Crippen LogP contribution in [0.3, 0.4) is 0 Å². The van der Waals surface area contributed by atoms with Gasteiger partial charge in [0.25, 0.3) is 0 Å². The summed E-state index contributed by atoms with van der Waals surface area (Å²) in [6.45, 7) is 10.6. The predicted molar refractivity (Wildman–Crippen MR) is 122 cm³/mol. The standard InChI is InChI=1S/C22H31ClN6O/c1-6-8-17-20-21(19(14(4)5)26-27-20)25-22(24-12-18(30)13(2)3)29(17)28-16-10-7-9-15(23)11-16/h7,9-11,13-14,18,27-28,30H,6,8,12H2,1-5H3. The average Bonchev–Trinajstić information content (AvgIpc) is 3.12. The maximum Gasteiger partial charge on any atom is 0.245 e. The molecule has 0 aliphatic carbocycles. The van der Waals surface area contributed by atoms with Crippen LogP contribution in [0.5, 0.6) is 0 Å². The molecule has 162 valence electrons. The number of halogens is 1. The van der Waals surface area contributed by atoms with E-state index < -0.39 is 6.10 Å². The highest BCUT2D eigenvalue weighted by molar-refractivity contribution is 6.30. The third-order valence-corrected chi connectivity index (χ3v) is 5.26. The van der Waals surface area contributed by atoms with Crippen molar-refractivity contribution < 1.29 is 5.11 Å². The summed E-state index contributed by atoms with van der Waals surface area (Å²) in [7, 11) is 0. The highest BCUT2D eigenvalue weighted by Gasteiger charge is 2.18. The van der Waals surface area contributed by atoms with Crippen LogP contribution >= 0.6 is 11.6 Å². The summed E-state index contributed by atoms with van der Waals surface area (Å²) >= 11 is 6.19. The van der Waals surface area contributed by atoms with Crippen molar-refractivity contribution in [2.75, 3.05) is 12.0 Å². The fraction of sp³-hybridized carbons (Fsp3) is 0.500. The van der Waals surface area contributed by atoms with Crippen LogP contribution in [0.2, 0.25) is 5.02 Å². The molecule has 3 aromatic rings. The van der Waals surface area contributed by atoms with Gasteiger partial charge in [0, 0.05) is 5.02 Å². The lowest BCUT2D eigenvalue weighted by molar-refractivity contribution is 0.133. The Labute approximate surface area is 182 Å². The molecule has 0 fully saturated rings. The number of aromatic nitrogens is 4. The SMILES string of the molecule is CCCc1c2[nH]nc(C(C)C)c2nc(=NCC(O)C(C)C)n1Nc1cccc(Cl)c1. The first-order valence-electron chi connectivity index (χ1n) is 10.5. The third-order valence-electron chi connectivity index (χ3n) is 5.03. The molecular weight excluding hydrogens is 400 g/mol. The number of aromatic amines is 1. The Bertz CT molecular complexity index is 1070. The number of aliphatic hydroxyl groups is 1. The van der Waals surface area contributed by atoms with Crippen molar-refractivity contribution in [2.24, 2.45) is 10.9 Å². The number of nitrogens with one attached hydrogen (secondary N) is 2. The minimum Gasteiger partial charge on any atom is -0.391 e. The first-order valence-corrected chi connectivity index (χ1v) is 10.9. The van der Waals surface area contributed by atoms with E-state index in [1.807, 2.05) is 42.8 Å². The van der Waals surface area contributed by atoms with Crippen LogP contribution in [0, 0.1) is 5.92 Å². The fourth-order valence-corrected chi connectivity index (χ4v) is 3.41. The molecule has 3 rings (SSSR count). The average molecular weight is 431 g/mol.